The van der Waals surface area contributed by atoms with Gasteiger partial charge < -0.3 is 14.7 Å². The third-order valence-corrected chi connectivity index (χ3v) is 3.65. The lowest BCUT2D eigenvalue weighted by Gasteiger charge is -2.16. The maximum absolute atomic E-state index is 10.8. The molecule has 4 heteroatoms. The number of nitrogens with zero attached hydrogens (tertiary/aromatic N) is 1. The number of aliphatic carboxylic acids is 1. The summed E-state index contributed by atoms with van der Waals surface area (Å²) in [5.41, 5.74) is 0. The Morgan fingerprint density at radius 3 is 2.94 bits per heavy atom. The Morgan fingerprint density at radius 2 is 2.31 bits per heavy atom. The van der Waals surface area contributed by atoms with Crippen LogP contribution in [0.4, 0.5) is 0 Å². The SMILES string of the molecule is O=C(O)C1CCN(CCCC2CCCO2)C1. The monoisotopic (exact) mass is 227 g/mol. The van der Waals surface area contributed by atoms with Gasteiger partial charge in [0.2, 0.25) is 0 Å². The summed E-state index contributed by atoms with van der Waals surface area (Å²) < 4.78 is 5.56. The van der Waals surface area contributed by atoms with Crippen molar-refractivity contribution < 1.29 is 14.6 Å². The van der Waals surface area contributed by atoms with Gasteiger partial charge in [0.25, 0.3) is 0 Å². The van der Waals surface area contributed by atoms with E-state index in [2.05, 4.69) is 4.90 Å². The molecule has 16 heavy (non-hydrogen) atoms. The maximum Gasteiger partial charge on any atom is 0.307 e. The maximum atomic E-state index is 10.8. The predicted octanol–water partition coefficient (Wildman–Crippen LogP) is 1.35. The van der Waals surface area contributed by atoms with Gasteiger partial charge in [-0.1, -0.05) is 0 Å². The van der Waals surface area contributed by atoms with Gasteiger partial charge in [0.05, 0.1) is 12.0 Å². The normalized spacial score (nSPS) is 31.0. The number of hydrogen-bond donors (Lipinski definition) is 1. The molecule has 0 spiro atoms. The van der Waals surface area contributed by atoms with Crippen LogP contribution in [0, 0.1) is 5.92 Å². The number of carboxylic acids is 1. The largest absolute Gasteiger partial charge is 0.481 e. The average molecular weight is 227 g/mol. The number of likely N-dealkylation sites (tertiary alicyclic amines) is 1. The molecule has 2 unspecified atom stereocenters. The zero-order valence-electron chi connectivity index (χ0n) is 9.73. The summed E-state index contributed by atoms with van der Waals surface area (Å²) >= 11 is 0. The van der Waals surface area contributed by atoms with Crippen molar-refractivity contribution in [1.82, 2.24) is 4.90 Å². The molecular weight excluding hydrogens is 206 g/mol. The van der Waals surface area contributed by atoms with Gasteiger partial charge in [-0.15, -0.1) is 0 Å². The molecule has 0 aromatic heterocycles. The molecule has 0 aliphatic carbocycles. The number of ether oxygens (including phenoxy) is 1. The van der Waals surface area contributed by atoms with Gasteiger partial charge in [-0.2, -0.15) is 0 Å². The standard InChI is InChI=1S/C12H21NO3/c14-12(15)10-5-7-13(9-10)6-1-3-11-4-2-8-16-11/h10-11H,1-9H2,(H,14,15). The smallest absolute Gasteiger partial charge is 0.307 e. The Labute approximate surface area is 96.6 Å². The highest BCUT2D eigenvalue weighted by Crippen LogP contribution is 2.19. The van der Waals surface area contributed by atoms with Gasteiger partial charge in [0.15, 0.2) is 0 Å². The first-order valence-corrected chi connectivity index (χ1v) is 6.32. The summed E-state index contributed by atoms with van der Waals surface area (Å²) in [4.78, 5) is 13.1. The topological polar surface area (TPSA) is 49.8 Å². The van der Waals surface area contributed by atoms with E-state index >= 15 is 0 Å². The van der Waals surface area contributed by atoms with Gasteiger partial charge in [-0.05, 0) is 45.2 Å². The van der Waals surface area contributed by atoms with Crippen molar-refractivity contribution in [2.75, 3.05) is 26.2 Å². The molecule has 1 N–H and O–H groups in total. The zero-order chi connectivity index (χ0) is 11.4. The Morgan fingerprint density at radius 1 is 1.44 bits per heavy atom. The van der Waals surface area contributed by atoms with Crippen molar-refractivity contribution in [1.29, 1.82) is 0 Å². The molecule has 0 aromatic rings. The number of carbonyl (C=O) groups is 1. The molecule has 0 amide bonds. The molecule has 2 aliphatic heterocycles. The van der Waals surface area contributed by atoms with E-state index in [-0.39, 0.29) is 5.92 Å². The Kier molecular flexibility index (Phi) is 4.18. The van der Waals surface area contributed by atoms with Crippen LogP contribution in [0.25, 0.3) is 0 Å². The lowest BCUT2D eigenvalue weighted by atomic mass is 10.1. The van der Waals surface area contributed by atoms with E-state index in [1.54, 1.807) is 0 Å². The van der Waals surface area contributed by atoms with E-state index in [1.165, 1.54) is 12.8 Å². The van der Waals surface area contributed by atoms with E-state index in [4.69, 9.17) is 9.84 Å². The lowest BCUT2D eigenvalue weighted by Crippen LogP contribution is -2.25. The minimum Gasteiger partial charge on any atom is -0.481 e. The second kappa shape index (κ2) is 5.64. The van der Waals surface area contributed by atoms with E-state index in [0.29, 0.717) is 6.10 Å². The van der Waals surface area contributed by atoms with Crippen molar-refractivity contribution in [3.8, 4) is 0 Å². The van der Waals surface area contributed by atoms with Crippen LogP contribution < -0.4 is 0 Å². The first-order chi connectivity index (χ1) is 7.75. The van der Waals surface area contributed by atoms with Crippen LogP contribution in [0.5, 0.6) is 0 Å². The predicted molar refractivity (Wildman–Crippen MR) is 60.4 cm³/mol. The van der Waals surface area contributed by atoms with E-state index < -0.39 is 5.97 Å². The molecule has 2 saturated heterocycles. The van der Waals surface area contributed by atoms with E-state index in [1.807, 2.05) is 0 Å². The van der Waals surface area contributed by atoms with Crippen molar-refractivity contribution in [3.63, 3.8) is 0 Å². The highest BCUT2D eigenvalue weighted by Gasteiger charge is 2.27. The van der Waals surface area contributed by atoms with Gasteiger partial charge in [-0.3, -0.25) is 4.79 Å². The zero-order valence-corrected chi connectivity index (χ0v) is 9.73. The number of carboxylic acid groups (broad SMARTS) is 1. The minimum absolute atomic E-state index is 0.136. The minimum atomic E-state index is -0.637. The first-order valence-electron chi connectivity index (χ1n) is 6.32. The van der Waals surface area contributed by atoms with Crippen LogP contribution in [0.2, 0.25) is 0 Å². The van der Waals surface area contributed by atoms with E-state index in [0.717, 1.165) is 45.5 Å². The quantitative estimate of drug-likeness (QED) is 0.770. The summed E-state index contributed by atoms with van der Waals surface area (Å²) in [7, 11) is 0. The van der Waals surface area contributed by atoms with Crippen LogP contribution in [0.15, 0.2) is 0 Å². The Hall–Kier alpha value is -0.610. The van der Waals surface area contributed by atoms with Crippen molar-refractivity contribution >= 4 is 5.97 Å². The second-order valence-corrected chi connectivity index (χ2v) is 4.90. The van der Waals surface area contributed by atoms with Gasteiger partial charge in [-0.25, -0.2) is 0 Å². The van der Waals surface area contributed by atoms with Crippen LogP contribution in [0.3, 0.4) is 0 Å². The summed E-state index contributed by atoms with van der Waals surface area (Å²) in [5, 5.41) is 8.88. The third kappa shape index (κ3) is 3.19. The molecule has 4 nitrogen and oxygen atoms in total. The number of hydrogen-bond acceptors (Lipinski definition) is 3. The van der Waals surface area contributed by atoms with Crippen molar-refractivity contribution in [2.45, 2.75) is 38.2 Å². The second-order valence-electron chi connectivity index (χ2n) is 4.90. The highest BCUT2D eigenvalue weighted by molar-refractivity contribution is 5.70. The fraction of sp³-hybridized carbons (Fsp3) is 0.917. The molecule has 0 radical (unpaired) electrons. The summed E-state index contributed by atoms with van der Waals surface area (Å²) in [6.45, 7) is 3.64. The van der Waals surface area contributed by atoms with Gasteiger partial charge in [0, 0.05) is 13.2 Å². The molecule has 2 rings (SSSR count). The molecule has 0 saturated carbocycles. The van der Waals surface area contributed by atoms with Crippen LogP contribution in [-0.2, 0) is 9.53 Å². The summed E-state index contributed by atoms with van der Waals surface area (Å²) in [5.74, 6) is -0.774. The lowest BCUT2D eigenvalue weighted by molar-refractivity contribution is -0.141. The molecule has 92 valence electrons. The molecule has 2 aliphatic rings. The summed E-state index contributed by atoms with van der Waals surface area (Å²) in [6.07, 6.45) is 5.96. The van der Waals surface area contributed by atoms with Crippen LogP contribution >= 0.6 is 0 Å². The molecule has 2 fully saturated rings. The van der Waals surface area contributed by atoms with Crippen molar-refractivity contribution in [2.24, 2.45) is 5.92 Å². The third-order valence-electron chi connectivity index (χ3n) is 3.65. The molecule has 0 bridgehead atoms. The molecule has 0 aromatic carbocycles. The molecular formula is C12H21NO3. The fourth-order valence-corrected chi connectivity index (χ4v) is 2.65. The fourth-order valence-electron chi connectivity index (χ4n) is 2.65. The number of rotatable bonds is 5. The first kappa shape index (κ1) is 11.9. The van der Waals surface area contributed by atoms with Gasteiger partial charge in [0.1, 0.15) is 0 Å². The Balaban J connectivity index is 1.58. The van der Waals surface area contributed by atoms with Crippen molar-refractivity contribution in [3.05, 3.63) is 0 Å². The average Bonchev–Trinajstić information content (AvgIpc) is 2.87. The van der Waals surface area contributed by atoms with E-state index in [9.17, 15) is 4.79 Å². The van der Waals surface area contributed by atoms with Crippen LogP contribution in [0.1, 0.15) is 32.1 Å². The molecule has 2 atom stereocenters. The molecule has 2 heterocycles. The highest BCUT2D eigenvalue weighted by atomic mass is 16.5. The van der Waals surface area contributed by atoms with Gasteiger partial charge >= 0.3 is 5.97 Å². The van der Waals surface area contributed by atoms with Crippen LogP contribution in [-0.4, -0.2) is 48.3 Å². The summed E-state index contributed by atoms with van der Waals surface area (Å²) in [6, 6.07) is 0. The Bertz CT molecular complexity index is 238.